The van der Waals surface area contributed by atoms with Crippen LogP contribution in [0.5, 0.6) is 0 Å². The molecule has 1 rings (SSSR count). The summed E-state index contributed by atoms with van der Waals surface area (Å²) in [6, 6.07) is 5.16. The number of hydrogen-bond acceptors (Lipinski definition) is 3. The lowest BCUT2D eigenvalue weighted by molar-refractivity contribution is 0.197. The SMILES string of the molecule is CCS(=O)(=O)[C@H](I)[C@H](O)c1ccc(F)cc1. The van der Waals surface area contributed by atoms with E-state index >= 15 is 0 Å². The van der Waals surface area contributed by atoms with Crippen molar-refractivity contribution < 1.29 is 17.9 Å². The number of sulfone groups is 1. The van der Waals surface area contributed by atoms with E-state index in [1.165, 1.54) is 31.2 Å². The van der Waals surface area contributed by atoms with Crippen molar-refractivity contribution in [2.24, 2.45) is 0 Å². The van der Waals surface area contributed by atoms with E-state index in [9.17, 15) is 17.9 Å². The Balaban J connectivity index is 2.94. The van der Waals surface area contributed by atoms with Gasteiger partial charge in [-0.15, -0.1) is 0 Å². The van der Waals surface area contributed by atoms with Crippen molar-refractivity contribution in [2.45, 2.75) is 16.3 Å². The van der Waals surface area contributed by atoms with Crippen molar-refractivity contribution in [3.63, 3.8) is 0 Å². The molecule has 0 unspecified atom stereocenters. The van der Waals surface area contributed by atoms with E-state index in [2.05, 4.69) is 0 Å². The van der Waals surface area contributed by atoms with Crippen molar-refractivity contribution in [3.05, 3.63) is 35.6 Å². The van der Waals surface area contributed by atoms with Crippen LogP contribution in [-0.2, 0) is 9.84 Å². The van der Waals surface area contributed by atoms with Crippen LogP contribution in [0.3, 0.4) is 0 Å². The summed E-state index contributed by atoms with van der Waals surface area (Å²) in [6.07, 6.45) is -1.13. The van der Waals surface area contributed by atoms with Gasteiger partial charge < -0.3 is 5.11 Å². The molecule has 2 atom stereocenters. The molecule has 0 amide bonds. The molecular weight excluding hydrogens is 346 g/mol. The van der Waals surface area contributed by atoms with E-state index < -0.39 is 25.0 Å². The van der Waals surface area contributed by atoms with E-state index in [0.717, 1.165) is 0 Å². The smallest absolute Gasteiger partial charge is 0.164 e. The first-order chi connectivity index (χ1) is 7.38. The van der Waals surface area contributed by atoms with Gasteiger partial charge >= 0.3 is 0 Å². The lowest BCUT2D eigenvalue weighted by Crippen LogP contribution is -2.24. The van der Waals surface area contributed by atoms with E-state index in [-0.39, 0.29) is 5.75 Å². The molecule has 1 aromatic rings. The van der Waals surface area contributed by atoms with Gasteiger partial charge in [-0.25, -0.2) is 12.8 Å². The Morgan fingerprint density at radius 3 is 2.31 bits per heavy atom. The minimum absolute atomic E-state index is 0.0289. The molecule has 0 aromatic heterocycles. The minimum atomic E-state index is -3.31. The Morgan fingerprint density at radius 1 is 1.38 bits per heavy atom. The predicted molar refractivity (Wildman–Crippen MR) is 68.6 cm³/mol. The van der Waals surface area contributed by atoms with Crippen LogP contribution in [0, 0.1) is 5.82 Å². The van der Waals surface area contributed by atoms with Gasteiger partial charge in [0.2, 0.25) is 0 Å². The first-order valence-electron chi connectivity index (χ1n) is 4.67. The standard InChI is InChI=1S/C10H12FIO3S/c1-2-16(14,15)10(12)9(13)7-3-5-8(11)6-4-7/h3-6,9-10,13H,2H2,1H3/t9-,10+/m1/s1. The second-order valence-electron chi connectivity index (χ2n) is 3.30. The molecule has 0 saturated heterocycles. The molecule has 0 spiro atoms. The van der Waals surface area contributed by atoms with Gasteiger partial charge in [-0.3, -0.25) is 0 Å². The average molecular weight is 358 g/mol. The fourth-order valence-corrected chi connectivity index (χ4v) is 3.53. The first kappa shape index (κ1) is 13.9. The Labute approximate surface area is 108 Å². The van der Waals surface area contributed by atoms with Crippen LogP contribution < -0.4 is 0 Å². The maximum Gasteiger partial charge on any atom is 0.164 e. The van der Waals surface area contributed by atoms with Crippen LogP contribution in [0.2, 0.25) is 0 Å². The molecule has 0 saturated carbocycles. The third-order valence-electron chi connectivity index (χ3n) is 2.21. The third kappa shape index (κ3) is 3.14. The van der Waals surface area contributed by atoms with E-state index in [4.69, 9.17) is 0 Å². The fourth-order valence-electron chi connectivity index (χ4n) is 1.17. The van der Waals surface area contributed by atoms with Crippen LogP contribution >= 0.6 is 22.6 Å². The lowest BCUT2D eigenvalue weighted by Gasteiger charge is -2.17. The van der Waals surface area contributed by atoms with Crippen molar-refractivity contribution in [1.29, 1.82) is 0 Å². The maximum atomic E-state index is 12.6. The van der Waals surface area contributed by atoms with Gasteiger partial charge in [-0.2, -0.15) is 0 Å². The quantitative estimate of drug-likeness (QED) is 0.662. The second kappa shape index (κ2) is 5.42. The van der Waals surface area contributed by atoms with Gasteiger partial charge in [0.05, 0.1) is 0 Å². The average Bonchev–Trinajstić information content (AvgIpc) is 2.28. The lowest BCUT2D eigenvalue weighted by atomic mass is 10.1. The highest BCUT2D eigenvalue weighted by molar-refractivity contribution is 14.1. The highest BCUT2D eigenvalue weighted by atomic mass is 127. The molecule has 0 aliphatic heterocycles. The summed E-state index contributed by atoms with van der Waals surface area (Å²) in [4.78, 5) is 0. The second-order valence-corrected chi connectivity index (χ2v) is 7.90. The minimum Gasteiger partial charge on any atom is -0.386 e. The van der Waals surface area contributed by atoms with Crippen molar-refractivity contribution in [3.8, 4) is 0 Å². The number of aliphatic hydroxyl groups excluding tert-OH is 1. The van der Waals surface area contributed by atoms with Crippen LogP contribution in [0.15, 0.2) is 24.3 Å². The highest BCUT2D eigenvalue weighted by Gasteiger charge is 2.29. The molecule has 1 N–H and O–H groups in total. The molecule has 6 heteroatoms. The molecule has 16 heavy (non-hydrogen) atoms. The van der Waals surface area contributed by atoms with Gasteiger partial charge in [0.15, 0.2) is 9.84 Å². The first-order valence-corrected chi connectivity index (χ1v) is 7.63. The Hall–Kier alpha value is -0.210. The number of benzene rings is 1. The summed E-state index contributed by atoms with van der Waals surface area (Å²) in [6.45, 7) is 1.53. The summed E-state index contributed by atoms with van der Waals surface area (Å²) < 4.78 is 34.8. The largest absolute Gasteiger partial charge is 0.386 e. The summed E-state index contributed by atoms with van der Waals surface area (Å²) in [5.41, 5.74) is 0.401. The van der Waals surface area contributed by atoms with E-state index in [1.807, 2.05) is 0 Å². The van der Waals surface area contributed by atoms with Crippen LogP contribution in [-0.4, -0.2) is 22.5 Å². The summed E-state index contributed by atoms with van der Waals surface area (Å²) >= 11 is 1.69. The van der Waals surface area contributed by atoms with Crippen molar-refractivity contribution >= 4 is 32.4 Å². The molecule has 3 nitrogen and oxygen atoms in total. The number of hydrogen-bond donors (Lipinski definition) is 1. The molecule has 0 aliphatic carbocycles. The zero-order valence-electron chi connectivity index (χ0n) is 8.60. The monoisotopic (exact) mass is 358 g/mol. The number of rotatable bonds is 4. The molecular formula is C10H12FIO3S. The Kier molecular flexibility index (Phi) is 4.69. The molecule has 0 aliphatic rings. The number of halogens is 2. The van der Waals surface area contributed by atoms with E-state index in [0.29, 0.717) is 5.56 Å². The fraction of sp³-hybridized carbons (Fsp3) is 0.400. The van der Waals surface area contributed by atoms with Crippen molar-refractivity contribution in [2.75, 3.05) is 5.75 Å². The van der Waals surface area contributed by atoms with Gasteiger partial charge in [0.25, 0.3) is 0 Å². The van der Waals surface area contributed by atoms with Gasteiger partial charge in [0, 0.05) is 5.75 Å². The summed E-state index contributed by atoms with van der Waals surface area (Å²) in [7, 11) is -3.31. The molecule has 1 aromatic carbocycles. The molecule has 0 radical (unpaired) electrons. The van der Waals surface area contributed by atoms with Crippen molar-refractivity contribution in [1.82, 2.24) is 0 Å². The summed E-state index contributed by atoms with van der Waals surface area (Å²) in [5, 5.41) is 9.84. The number of aliphatic hydroxyl groups is 1. The zero-order chi connectivity index (χ0) is 12.3. The molecule has 90 valence electrons. The number of alkyl halides is 1. The van der Waals surface area contributed by atoms with Gasteiger partial charge in [-0.1, -0.05) is 41.6 Å². The molecule has 0 fully saturated rings. The Morgan fingerprint density at radius 2 is 1.88 bits per heavy atom. The highest BCUT2D eigenvalue weighted by Crippen LogP contribution is 2.27. The summed E-state index contributed by atoms with van der Waals surface area (Å²) in [5.74, 6) is -0.446. The third-order valence-corrected chi connectivity index (χ3v) is 6.96. The van der Waals surface area contributed by atoms with Gasteiger partial charge in [-0.05, 0) is 17.7 Å². The zero-order valence-corrected chi connectivity index (χ0v) is 11.6. The van der Waals surface area contributed by atoms with Crippen LogP contribution in [0.25, 0.3) is 0 Å². The normalized spacial score (nSPS) is 15.8. The Bertz CT molecular complexity index is 444. The predicted octanol–water partition coefficient (Wildman–Crippen LogP) is 2.05. The molecule has 0 bridgehead atoms. The van der Waals surface area contributed by atoms with Gasteiger partial charge in [0.1, 0.15) is 15.2 Å². The maximum absolute atomic E-state index is 12.6. The van der Waals surface area contributed by atoms with E-state index in [1.54, 1.807) is 22.6 Å². The molecule has 0 heterocycles. The van der Waals surface area contributed by atoms with Crippen LogP contribution in [0.4, 0.5) is 4.39 Å². The van der Waals surface area contributed by atoms with Crippen LogP contribution in [0.1, 0.15) is 18.6 Å². The topological polar surface area (TPSA) is 54.4 Å².